The number of carboxylic acids is 1. The molecular weight excluding hydrogens is 368 g/mol. The lowest BCUT2D eigenvalue weighted by molar-refractivity contribution is -0.751. The van der Waals surface area contributed by atoms with E-state index < -0.39 is 12.0 Å². The molecule has 1 aliphatic heterocycles. The Balaban J connectivity index is 2.04. The fourth-order valence-corrected chi connectivity index (χ4v) is 3.50. The van der Waals surface area contributed by atoms with Crippen LogP contribution in [0.2, 0.25) is 5.02 Å². The molecule has 138 valence electrons. The van der Waals surface area contributed by atoms with Gasteiger partial charge in [0, 0.05) is 10.6 Å². The van der Waals surface area contributed by atoms with Crippen LogP contribution in [-0.2, 0) is 18.9 Å². The predicted octanol–water partition coefficient (Wildman–Crippen LogP) is 1.76. The van der Waals surface area contributed by atoms with Crippen LogP contribution in [0.1, 0.15) is 35.4 Å². The smallest absolute Gasteiger partial charge is 0.306 e. The van der Waals surface area contributed by atoms with Crippen molar-refractivity contribution in [2.75, 3.05) is 0 Å². The van der Waals surface area contributed by atoms with Gasteiger partial charge in [-0.15, -0.1) is 14.9 Å². The number of aliphatic imine (C=N–C) groups is 1. The molecular formula is C18H18ClN6O2+. The van der Waals surface area contributed by atoms with E-state index in [1.54, 1.807) is 12.1 Å². The quantitative estimate of drug-likeness (QED) is 0.696. The number of carbonyl (C=O) groups is 1. The van der Waals surface area contributed by atoms with Crippen molar-refractivity contribution in [3.05, 3.63) is 58.4 Å². The lowest BCUT2D eigenvalue weighted by atomic mass is 10.1. The number of aliphatic carboxylic acids is 1. The Hall–Kier alpha value is -3.00. The summed E-state index contributed by atoms with van der Waals surface area (Å²) in [6.45, 7) is 1.85. The minimum absolute atomic E-state index is 0.171. The number of nitrogens with zero attached hydrogens (tertiary/aromatic N) is 6. The van der Waals surface area contributed by atoms with E-state index in [4.69, 9.17) is 16.6 Å². The van der Waals surface area contributed by atoms with Crippen molar-refractivity contribution in [3.63, 3.8) is 0 Å². The van der Waals surface area contributed by atoms with Gasteiger partial charge in [0.05, 0.1) is 19.2 Å². The van der Waals surface area contributed by atoms with Crippen LogP contribution in [-0.4, -0.2) is 36.2 Å². The van der Waals surface area contributed by atoms with Crippen LogP contribution in [0.15, 0.2) is 35.5 Å². The van der Waals surface area contributed by atoms with Crippen molar-refractivity contribution in [1.82, 2.24) is 19.4 Å². The van der Waals surface area contributed by atoms with E-state index in [0.717, 1.165) is 16.9 Å². The molecule has 27 heavy (non-hydrogen) atoms. The molecule has 0 aliphatic carbocycles. The highest BCUT2D eigenvalue weighted by molar-refractivity contribution is 6.30. The number of carboxylic acid groups (broad SMARTS) is 1. The van der Waals surface area contributed by atoms with Crippen LogP contribution < -0.4 is 4.68 Å². The van der Waals surface area contributed by atoms with E-state index in [-0.39, 0.29) is 6.42 Å². The Morgan fingerprint density at radius 3 is 2.67 bits per heavy atom. The Bertz CT molecular complexity index is 1080. The highest BCUT2D eigenvalue weighted by Crippen LogP contribution is 2.32. The molecule has 0 saturated heterocycles. The van der Waals surface area contributed by atoms with Crippen molar-refractivity contribution < 1.29 is 14.6 Å². The number of benzene rings is 1. The van der Waals surface area contributed by atoms with Crippen LogP contribution >= 0.6 is 11.6 Å². The molecule has 4 rings (SSSR count). The lowest BCUT2D eigenvalue weighted by Gasteiger charge is -2.10. The maximum Gasteiger partial charge on any atom is 0.306 e. The predicted molar refractivity (Wildman–Crippen MR) is 98.3 cm³/mol. The van der Waals surface area contributed by atoms with E-state index in [0.29, 0.717) is 22.4 Å². The first-order chi connectivity index (χ1) is 12.9. The monoisotopic (exact) mass is 385 g/mol. The first kappa shape index (κ1) is 17.4. The van der Waals surface area contributed by atoms with Gasteiger partial charge in [-0.2, -0.15) is 4.68 Å². The van der Waals surface area contributed by atoms with Gasteiger partial charge in [-0.3, -0.25) is 14.4 Å². The molecule has 1 aromatic carbocycles. The molecule has 3 aromatic rings. The van der Waals surface area contributed by atoms with Crippen LogP contribution in [0.25, 0.3) is 5.69 Å². The molecule has 1 aliphatic rings. The van der Waals surface area contributed by atoms with Gasteiger partial charge in [0.15, 0.2) is 18.6 Å². The summed E-state index contributed by atoms with van der Waals surface area (Å²) in [5.41, 5.74) is 3.27. The fraction of sp³-hybridized carbons (Fsp3) is 0.278. The molecule has 8 nitrogen and oxygen atoms in total. The summed E-state index contributed by atoms with van der Waals surface area (Å²) in [7, 11) is 3.86. The zero-order chi connectivity index (χ0) is 19.3. The molecule has 0 bridgehead atoms. The second-order valence-corrected chi connectivity index (χ2v) is 6.94. The van der Waals surface area contributed by atoms with Gasteiger partial charge in [0.2, 0.25) is 6.20 Å². The second-order valence-electron chi connectivity index (χ2n) is 6.50. The highest BCUT2D eigenvalue weighted by atomic mass is 35.5. The van der Waals surface area contributed by atoms with Crippen LogP contribution in [0.5, 0.6) is 0 Å². The standard InChI is InChI=1S/C18H17ClN6O2/c1-10-21-22-18-13(8-15(26)27)20-16(11-4-6-12(19)7-5-11)17-14(25(10)18)9-23(2)24(17)3/h4-7,9,13H,8H2,1-3H3/p+1/t13-/m0/s1. The Morgan fingerprint density at radius 2 is 2.00 bits per heavy atom. The summed E-state index contributed by atoms with van der Waals surface area (Å²) in [5, 5.41) is 18.4. The van der Waals surface area contributed by atoms with Gasteiger partial charge in [0.25, 0.3) is 0 Å². The molecule has 1 atom stereocenters. The van der Waals surface area contributed by atoms with Gasteiger partial charge in [-0.05, 0) is 19.1 Å². The van der Waals surface area contributed by atoms with Gasteiger partial charge >= 0.3 is 5.97 Å². The van der Waals surface area contributed by atoms with Gasteiger partial charge in [0.1, 0.15) is 17.6 Å². The van der Waals surface area contributed by atoms with Crippen LogP contribution in [0.3, 0.4) is 0 Å². The molecule has 0 amide bonds. The second kappa shape index (κ2) is 6.31. The van der Waals surface area contributed by atoms with E-state index >= 15 is 0 Å². The third-order valence-electron chi connectivity index (χ3n) is 4.73. The van der Waals surface area contributed by atoms with Crippen molar-refractivity contribution >= 4 is 23.3 Å². The molecule has 9 heteroatoms. The Kier molecular flexibility index (Phi) is 4.07. The lowest BCUT2D eigenvalue weighted by Crippen LogP contribution is -2.38. The number of rotatable bonds is 3. The first-order valence-electron chi connectivity index (χ1n) is 8.40. The number of hydrogen-bond donors (Lipinski definition) is 1. The molecule has 0 spiro atoms. The maximum atomic E-state index is 11.5. The SMILES string of the molecule is Cc1nnc2n1-c1c[n+](C)n(C)c1C(c1ccc(Cl)cc1)=N[C@H]2CC(=O)O. The summed E-state index contributed by atoms with van der Waals surface area (Å²) in [6, 6.07) is 6.71. The number of hydrogen-bond acceptors (Lipinski definition) is 4. The molecule has 0 unspecified atom stereocenters. The topological polar surface area (TPSA) is 89.2 Å². The van der Waals surface area contributed by atoms with Gasteiger partial charge in [-0.25, -0.2) is 0 Å². The number of aromatic nitrogens is 5. The number of halogens is 1. The van der Waals surface area contributed by atoms with Crippen molar-refractivity contribution in [3.8, 4) is 5.69 Å². The summed E-state index contributed by atoms with van der Waals surface area (Å²) in [6.07, 6.45) is 1.79. The van der Waals surface area contributed by atoms with E-state index in [9.17, 15) is 9.90 Å². The third-order valence-corrected chi connectivity index (χ3v) is 4.98. The summed E-state index contributed by atoms with van der Waals surface area (Å²) in [5.74, 6) is 0.259. The summed E-state index contributed by atoms with van der Waals surface area (Å²) >= 11 is 6.04. The average molecular weight is 386 g/mol. The largest absolute Gasteiger partial charge is 0.481 e. The highest BCUT2D eigenvalue weighted by Gasteiger charge is 2.34. The van der Waals surface area contributed by atoms with Crippen molar-refractivity contribution in [1.29, 1.82) is 0 Å². The molecule has 0 saturated carbocycles. The Labute approximate surface area is 160 Å². The van der Waals surface area contributed by atoms with Crippen molar-refractivity contribution in [2.45, 2.75) is 19.4 Å². The number of aryl methyl sites for hydroxylation is 2. The summed E-state index contributed by atoms with van der Waals surface area (Å²) < 4.78 is 5.79. The number of fused-ring (bicyclic) bond motifs is 3. The zero-order valence-corrected chi connectivity index (χ0v) is 15.8. The van der Waals surface area contributed by atoms with E-state index in [2.05, 4.69) is 10.2 Å². The molecule has 3 heterocycles. The molecule has 0 fully saturated rings. The molecule has 0 radical (unpaired) electrons. The average Bonchev–Trinajstić information content (AvgIpc) is 3.08. The first-order valence-corrected chi connectivity index (χ1v) is 8.78. The van der Waals surface area contributed by atoms with Crippen LogP contribution in [0, 0.1) is 6.92 Å². The Morgan fingerprint density at radius 1 is 1.30 bits per heavy atom. The normalized spacial score (nSPS) is 15.7. The van der Waals surface area contributed by atoms with Crippen LogP contribution in [0.4, 0.5) is 0 Å². The molecule has 1 N–H and O–H groups in total. The van der Waals surface area contributed by atoms with E-state index in [1.807, 2.05) is 53.3 Å². The minimum Gasteiger partial charge on any atom is -0.481 e. The third kappa shape index (κ3) is 2.82. The maximum absolute atomic E-state index is 11.5. The van der Waals surface area contributed by atoms with Crippen molar-refractivity contribution in [2.24, 2.45) is 19.1 Å². The minimum atomic E-state index is -0.942. The summed E-state index contributed by atoms with van der Waals surface area (Å²) in [4.78, 5) is 16.3. The van der Waals surface area contributed by atoms with Gasteiger partial charge in [-0.1, -0.05) is 23.7 Å². The zero-order valence-electron chi connectivity index (χ0n) is 15.1. The molecule has 2 aromatic heterocycles. The van der Waals surface area contributed by atoms with E-state index in [1.165, 1.54) is 0 Å². The van der Waals surface area contributed by atoms with Gasteiger partial charge < -0.3 is 5.11 Å². The fourth-order valence-electron chi connectivity index (χ4n) is 3.37.